The standard InChI is InChI=1S/C25H28FN7O2/c1-2-17-12-18(14-20(13-17)35-11-10-32-8-5-19(34)6-9-32)30-25-28-15-21(26)23(31-25)33-16-29-22-4-3-7-27-24(22)33/h3-4,7,12-16,19,34H,2,5-6,8-11H2,1H3,(H,28,30,31). The Morgan fingerprint density at radius 3 is 2.86 bits per heavy atom. The van der Waals surface area contributed by atoms with Crippen molar-refractivity contribution in [3.8, 4) is 11.6 Å². The molecular weight excluding hydrogens is 449 g/mol. The van der Waals surface area contributed by atoms with E-state index in [1.54, 1.807) is 12.3 Å². The van der Waals surface area contributed by atoms with Crippen LogP contribution in [0.3, 0.4) is 0 Å². The number of hydrogen-bond acceptors (Lipinski definition) is 8. The van der Waals surface area contributed by atoms with Crippen molar-refractivity contribution in [2.75, 3.05) is 31.6 Å². The van der Waals surface area contributed by atoms with Gasteiger partial charge >= 0.3 is 0 Å². The molecule has 4 aromatic rings. The number of anilines is 2. The van der Waals surface area contributed by atoms with Crippen molar-refractivity contribution in [1.82, 2.24) is 29.4 Å². The first-order valence-corrected chi connectivity index (χ1v) is 11.8. The zero-order chi connectivity index (χ0) is 24.2. The number of nitrogens with one attached hydrogen (secondary N) is 1. The average molecular weight is 478 g/mol. The van der Waals surface area contributed by atoms with E-state index in [0.29, 0.717) is 17.8 Å². The van der Waals surface area contributed by atoms with Crippen molar-refractivity contribution in [2.24, 2.45) is 0 Å². The molecule has 2 N–H and O–H groups in total. The molecule has 182 valence electrons. The Morgan fingerprint density at radius 2 is 2.03 bits per heavy atom. The van der Waals surface area contributed by atoms with E-state index in [4.69, 9.17) is 4.74 Å². The van der Waals surface area contributed by atoms with Crippen LogP contribution in [0.2, 0.25) is 0 Å². The van der Waals surface area contributed by atoms with Gasteiger partial charge in [0.25, 0.3) is 0 Å². The van der Waals surface area contributed by atoms with E-state index in [1.165, 1.54) is 10.9 Å². The van der Waals surface area contributed by atoms with Crippen molar-refractivity contribution in [1.29, 1.82) is 0 Å². The molecule has 0 amide bonds. The topological polar surface area (TPSA) is 101 Å². The minimum Gasteiger partial charge on any atom is -0.492 e. The number of rotatable bonds is 8. The number of pyridine rings is 1. The largest absolute Gasteiger partial charge is 0.492 e. The van der Waals surface area contributed by atoms with Crippen molar-refractivity contribution in [3.63, 3.8) is 0 Å². The molecule has 1 saturated heterocycles. The van der Waals surface area contributed by atoms with Gasteiger partial charge in [0.2, 0.25) is 5.95 Å². The van der Waals surface area contributed by atoms with Crippen LogP contribution in [0.25, 0.3) is 17.0 Å². The first-order valence-electron chi connectivity index (χ1n) is 11.8. The van der Waals surface area contributed by atoms with Crippen molar-refractivity contribution >= 4 is 22.8 Å². The highest BCUT2D eigenvalue weighted by Crippen LogP contribution is 2.25. The molecule has 9 nitrogen and oxygen atoms in total. The van der Waals surface area contributed by atoms with Gasteiger partial charge in [0.1, 0.15) is 24.2 Å². The van der Waals surface area contributed by atoms with Crippen molar-refractivity contribution in [3.05, 3.63) is 60.4 Å². The zero-order valence-electron chi connectivity index (χ0n) is 19.6. The number of nitrogens with zero attached hydrogens (tertiary/aromatic N) is 6. The second-order valence-electron chi connectivity index (χ2n) is 8.59. The summed E-state index contributed by atoms with van der Waals surface area (Å²) in [7, 11) is 0. The summed E-state index contributed by atoms with van der Waals surface area (Å²) in [5.41, 5.74) is 3.02. The molecule has 5 rings (SSSR count). The molecule has 10 heteroatoms. The maximum absolute atomic E-state index is 14.6. The predicted octanol–water partition coefficient (Wildman–Crippen LogP) is 3.49. The minimum absolute atomic E-state index is 0.0680. The monoisotopic (exact) mass is 477 g/mol. The first-order chi connectivity index (χ1) is 17.1. The number of aliphatic hydroxyl groups excluding tert-OH is 1. The molecule has 0 radical (unpaired) electrons. The normalized spacial score (nSPS) is 14.9. The summed E-state index contributed by atoms with van der Waals surface area (Å²) in [6.07, 6.45) is 6.53. The number of piperidine rings is 1. The van der Waals surface area contributed by atoms with Gasteiger partial charge in [-0.15, -0.1) is 0 Å². The molecule has 1 aliphatic heterocycles. The van der Waals surface area contributed by atoms with E-state index < -0.39 is 5.82 Å². The lowest BCUT2D eigenvalue weighted by atomic mass is 10.1. The van der Waals surface area contributed by atoms with Gasteiger partial charge < -0.3 is 15.2 Å². The van der Waals surface area contributed by atoms with Gasteiger partial charge in [-0.25, -0.2) is 19.3 Å². The fourth-order valence-corrected chi connectivity index (χ4v) is 4.18. The summed E-state index contributed by atoms with van der Waals surface area (Å²) in [5, 5.41) is 12.8. The van der Waals surface area contributed by atoms with Gasteiger partial charge in [0.05, 0.1) is 12.3 Å². The summed E-state index contributed by atoms with van der Waals surface area (Å²) in [5.74, 6) is 0.497. The molecular formula is C25H28FN7O2. The number of hydrogen-bond donors (Lipinski definition) is 2. The maximum Gasteiger partial charge on any atom is 0.229 e. The van der Waals surface area contributed by atoms with Gasteiger partial charge in [-0.3, -0.25) is 9.47 Å². The van der Waals surface area contributed by atoms with Crippen LogP contribution < -0.4 is 10.1 Å². The fourth-order valence-electron chi connectivity index (χ4n) is 4.18. The number of benzene rings is 1. The number of aromatic nitrogens is 5. The van der Waals surface area contributed by atoms with Crippen LogP contribution in [0.1, 0.15) is 25.3 Å². The van der Waals surface area contributed by atoms with Crippen LogP contribution in [-0.4, -0.2) is 66.9 Å². The highest BCUT2D eigenvalue weighted by atomic mass is 19.1. The summed E-state index contributed by atoms with van der Waals surface area (Å²) >= 11 is 0. The number of ether oxygens (including phenoxy) is 1. The van der Waals surface area contributed by atoms with E-state index in [-0.39, 0.29) is 17.9 Å². The number of aryl methyl sites for hydroxylation is 1. The molecule has 0 saturated carbocycles. The van der Waals surface area contributed by atoms with E-state index >= 15 is 0 Å². The molecule has 0 unspecified atom stereocenters. The number of likely N-dealkylation sites (tertiary alicyclic amines) is 1. The minimum atomic E-state index is -0.572. The van der Waals surface area contributed by atoms with Gasteiger partial charge in [0, 0.05) is 37.6 Å². The van der Waals surface area contributed by atoms with Crippen LogP contribution in [0.15, 0.2) is 49.1 Å². The van der Waals surface area contributed by atoms with Crippen LogP contribution >= 0.6 is 0 Å². The number of imidazole rings is 1. The molecule has 4 heterocycles. The lowest BCUT2D eigenvalue weighted by Gasteiger charge is -2.29. The number of halogens is 1. The summed E-state index contributed by atoms with van der Waals surface area (Å²) < 4.78 is 22.2. The fraction of sp³-hybridized carbons (Fsp3) is 0.360. The Bertz CT molecular complexity index is 1300. The van der Waals surface area contributed by atoms with Gasteiger partial charge in [-0.05, 0) is 49.1 Å². The summed E-state index contributed by atoms with van der Waals surface area (Å²) in [6, 6.07) is 9.49. The SMILES string of the molecule is CCc1cc(Nc2ncc(F)c(-n3cnc4cccnc43)n2)cc(OCCN2CCC(O)CC2)c1. The van der Waals surface area contributed by atoms with Gasteiger partial charge in [-0.1, -0.05) is 6.92 Å². The summed E-state index contributed by atoms with van der Waals surface area (Å²) in [4.78, 5) is 19.4. The molecule has 1 aliphatic rings. The highest BCUT2D eigenvalue weighted by molar-refractivity contribution is 5.72. The quantitative estimate of drug-likeness (QED) is 0.398. The highest BCUT2D eigenvalue weighted by Gasteiger charge is 2.17. The smallest absolute Gasteiger partial charge is 0.229 e. The zero-order valence-corrected chi connectivity index (χ0v) is 19.6. The van der Waals surface area contributed by atoms with E-state index in [0.717, 1.165) is 62.1 Å². The van der Waals surface area contributed by atoms with E-state index in [2.05, 4.69) is 37.1 Å². The van der Waals surface area contributed by atoms with Crippen LogP contribution in [0.4, 0.5) is 16.0 Å². The maximum atomic E-state index is 14.6. The Labute approximate surface area is 202 Å². The Hall–Kier alpha value is -3.63. The number of fused-ring (bicyclic) bond motifs is 1. The average Bonchev–Trinajstić information content (AvgIpc) is 3.30. The summed E-state index contributed by atoms with van der Waals surface area (Å²) in [6.45, 7) is 5.21. The van der Waals surface area contributed by atoms with Crippen LogP contribution in [0, 0.1) is 5.82 Å². The van der Waals surface area contributed by atoms with Crippen LogP contribution in [-0.2, 0) is 6.42 Å². The van der Waals surface area contributed by atoms with Crippen molar-refractivity contribution < 1.29 is 14.2 Å². The van der Waals surface area contributed by atoms with Gasteiger partial charge in [0.15, 0.2) is 17.3 Å². The third-order valence-corrected chi connectivity index (χ3v) is 6.12. The van der Waals surface area contributed by atoms with Crippen LogP contribution in [0.5, 0.6) is 5.75 Å². The predicted molar refractivity (Wildman–Crippen MR) is 131 cm³/mol. The number of aliphatic hydroxyl groups is 1. The second-order valence-corrected chi connectivity index (χ2v) is 8.59. The Balaban J connectivity index is 1.32. The molecule has 0 aliphatic carbocycles. The molecule has 0 bridgehead atoms. The molecule has 1 fully saturated rings. The van der Waals surface area contributed by atoms with Gasteiger partial charge in [-0.2, -0.15) is 4.98 Å². The molecule has 3 aromatic heterocycles. The molecule has 0 spiro atoms. The first kappa shape index (κ1) is 23.1. The van der Waals surface area contributed by atoms with E-state index in [1.807, 2.05) is 24.3 Å². The molecule has 1 aromatic carbocycles. The van der Waals surface area contributed by atoms with E-state index in [9.17, 15) is 9.50 Å². The molecule has 0 atom stereocenters. The van der Waals surface area contributed by atoms with Crippen molar-refractivity contribution in [2.45, 2.75) is 32.3 Å². The molecule has 35 heavy (non-hydrogen) atoms. The lowest BCUT2D eigenvalue weighted by Crippen LogP contribution is -2.38. The Kier molecular flexibility index (Phi) is 6.82. The Morgan fingerprint density at radius 1 is 1.17 bits per heavy atom. The third-order valence-electron chi connectivity index (χ3n) is 6.12. The third kappa shape index (κ3) is 5.39. The second kappa shape index (κ2) is 10.3. The lowest BCUT2D eigenvalue weighted by molar-refractivity contribution is 0.0755.